The fraction of sp³-hybridized carbons (Fsp3) is 0.571. The number of rotatable bonds is 3. The summed E-state index contributed by atoms with van der Waals surface area (Å²) in [6, 6.07) is 0. The maximum atomic E-state index is 9.51. The molecule has 0 unspecified atom stereocenters. The molecule has 0 aliphatic rings. The van der Waals surface area contributed by atoms with Gasteiger partial charge in [0, 0.05) is 19.7 Å². The van der Waals surface area contributed by atoms with Gasteiger partial charge in [0.2, 0.25) is 0 Å². The van der Waals surface area contributed by atoms with Gasteiger partial charge in [-0.1, -0.05) is 6.08 Å². The lowest BCUT2D eigenvalue weighted by Gasteiger charge is -1.85. The molecule has 0 fully saturated rings. The van der Waals surface area contributed by atoms with Crippen LogP contribution in [0.15, 0.2) is 12.2 Å². The highest BCUT2D eigenvalue weighted by Gasteiger charge is 1.76. The van der Waals surface area contributed by atoms with Gasteiger partial charge in [-0.2, -0.15) is 0 Å². The number of hydrogen-bond acceptors (Lipinski definition) is 3. The number of aliphatic carboxylic acids is 1. The second-order valence-electron chi connectivity index (χ2n) is 1.62. The minimum atomic E-state index is -0.891. The molecule has 0 aromatic rings. The van der Waals surface area contributed by atoms with Crippen LogP contribution in [0.3, 0.4) is 0 Å². The van der Waals surface area contributed by atoms with Gasteiger partial charge in [0.25, 0.3) is 0 Å². The number of nitrogens with two attached hydrogens (primary N) is 1. The Bertz CT molecular complexity index is 110. The fourth-order valence-electron chi connectivity index (χ4n) is 0.260. The maximum absolute atomic E-state index is 9.51. The molecule has 0 aromatic heterocycles. The van der Waals surface area contributed by atoms with Crippen molar-refractivity contribution in [1.82, 2.24) is 0 Å². The Morgan fingerprint density at radius 2 is 2.27 bits per heavy atom. The first kappa shape index (κ1) is 12.8. The second-order valence-corrected chi connectivity index (χ2v) is 1.62. The fourth-order valence-corrected chi connectivity index (χ4v) is 0.260. The first-order valence-electron chi connectivity index (χ1n) is 3.23. The number of carboxylic acids is 1. The summed E-state index contributed by atoms with van der Waals surface area (Å²) >= 11 is 0. The third-order valence-electron chi connectivity index (χ3n) is 0.631. The molecule has 0 rings (SSSR count). The Hall–Kier alpha value is -0.870. The van der Waals surface area contributed by atoms with E-state index in [1.165, 1.54) is 6.08 Å². The molecule has 0 aromatic carbocycles. The Morgan fingerprint density at radius 3 is 2.27 bits per heavy atom. The second kappa shape index (κ2) is 11.9. The topological polar surface area (TPSA) is 72.5 Å². The van der Waals surface area contributed by atoms with Crippen LogP contribution in [-0.4, -0.2) is 31.3 Å². The molecule has 0 heterocycles. The van der Waals surface area contributed by atoms with E-state index in [1.807, 2.05) is 0 Å². The Labute approximate surface area is 66.7 Å². The molecule has 66 valence electrons. The Morgan fingerprint density at radius 1 is 1.73 bits per heavy atom. The van der Waals surface area contributed by atoms with Crippen molar-refractivity contribution >= 4 is 5.97 Å². The summed E-state index contributed by atoms with van der Waals surface area (Å²) in [6.07, 6.45) is 2.56. The first-order valence-corrected chi connectivity index (χ1v) is 3.23. The van der Waals surface area contributed by atoms with E-state index in [0.717, 1.165) is 6.08 Å². The molecular weight excluding hydrogens is 146 g/mol. The average molecular weight is 161 g/mol. The average Bonchev–Trinajstić information content (AvgIpc) is 1.90. The van der Waals surface area contributed by atoms with Gasteiger partial charge in [0.15, 0.2) is 0 Å². The van der Waals surface area contributed by atoms with E-state index >= 15 is 0 Å². The number of allylic oxidation sites excluding steroid dienone is 1. The van der Waals surface area contributed by atoms with Crippen molar-refractivity contribution in [2.75, 3.05) is 20.3 Å². The smallest absolute Gasteiger partial charge is 0.327 e. The molecular formula is C7H15NO3. The van der Waals surface area contributed by atoms with Gasteiger partial charge in [-0.15, -0.1) is 0 Å². The number of hydrogen-bond donors (Lipinski definition) is 2. The standard InChI is InChI=1S/C4H6O2.C3H9NO/c1-2-3-4(5)6;1-5-3-2-4/h2-3H,1H3,(H,5,6);2-4H2,1H3. The molecule has 0 aliphatic heterocycles. The SMILES string of the molecule is CC=CC(=O)O.COCCN. The van der Waals surface area contributed by atoms with Crippen molar-refractivity contribution in [2.45, 2.75) is 6.92 Å². The van der Waals surface area contributed by atoms with Crippen LogP contribution >= 0.6 is 0 Å². The molecule has 0 spiro atoms. The molecule has 0 saturated heterocycles. The Kier molecular flexibility index (Phi) is 13.8. The van der Waals surface area contributed by atoms with Crippen molar-refractivity contribution in [1.29, 1.82) is 0 Å². The van der Waals surface area contributed by atoms with E-state index in [2.05, 4.69) is 4.74 Å². The van der Waals surface area contributed by atoms with Crippen LogP contribution in [0.25, 0.3) is 0 Å². The summed E-state index contributed by atoms with van der Waals surface area (Å²) in [5.41, 5.74) is 5.01. The van der Waals surface area contributed by atoms with Crippen LogP contribution in [-0.2, 0) is 9.53 Å². The molecule has 0 aliphatic carbocycles. The normalized spacial score (nSPS) is 9.00. The van der Waals surface area contributed by atoms with Gasteiger partial charge in [0.1, 0.15) is 0 Å². The summed E-state index contributed by atoms with van der Waals surface area (Å²) in [5.74, 6) is -0.891. The van der Waals surface area contributed by atoms with Crippen molar-refractivity contribution in [2.24, 2.45) is 5.73 Å². The first-order chi connectivity index (χ1) is 5.18. The van der Waals surface area contributed by atoms with E-state index in [0.29, 0.717) is 13.2 Å². The summed E-state index contributed by atoms with van der Waals surface area (Å²) in [6.45, 7) is 2.95. The minimum absolute atomic E-state index is 0.622. The van der Waals surface area contributed by atoms with Crippen LogP contribution in [0.5, 0.6) is 0 Å². The zero-order valence-corrected chi connectivity index (χ0v) is 6.91. The van der Waals surface area contributed by atoms with Crippen molar-refractivity contribution < 1.29 is 14.6 Å². The van der Waals surface area contributed by atoms with Gasteiger partial charge in [-0.3, -0.25) is 0 Å². The van der Waals surface area contributed by atoms with Gasteiger partial charge >= 0.3 is 5.97 Å². The van der Waals surface area contributed by atoms with E-state index in [-0.39, 0.29) is 0 Å². The van der Waals surface area contributed by atoms with Gasteiger partial charge in [-0.25, -0.2) is 4.79 Å². The maximum Gasteiger partial charge on any atom is 0.327 e. The van der Waals surface area contributed by atoms with Crippen molar-refractivity contribution in [3.63, 3.8) is 0 Å². The van der Waals surface area contributed by atoms with Crippen molar-refractivity contribution in [3.8, 4) is 0 Å². The monoisotopic (exact) mass is 161 g/mol. The molecule has 0 saturated carbocycles. The van der Waals surface area contributed by atoms with E-state index in [9.17, 15) is 4.79 Å². The lowest BCUT2D eigenvalue weighted by atomic mass is 10.5. The quantitative estimate of drug-likeness (QED) is 0.581. The molecule has 0 radical (unpaired) electrons. The molecule has 0 atom stereocenters. The molecule has 3 N–H and O–H groups in total. The molecule has 4 nitrogen and oxygen atoms in total. The molecule has 11 heavy (non-hydrogen) atoms. The molecule has 0 bridgehead atoms. The lowest BCUT2D eigenvalue weighted by molar-refractivity contribution is -0.131. The largest absolute Gasteiger partial charge is 0.478 e. The van der Waals surface area contributed by atoms with Crippen LogP contribution in [0, 0.1) is 0 Å². The van der Waals surface area contributed by atoms with Crippen LogP contribution in [0.1, 0.15) is 6.92 Å². The third kappa shape index (κ3) is 27.2. The number of methoxy groups -OCH3 is 1. The highest BCUT2D eigenvalue weighted by Crippen LogP contribution is 1.65. The highest BCUT2D eigenvalue weighted by molar-refractivity contribution is 5.79. The zero-order chi connectivity index (χ0) is 9.11. The summed E-state index contributed by atoms with van der Waals surface area (Å²) in [4.78, 5) is 9.51. The van der Waals surface area contributed by atoms with E-state index in [1.54, 1.807) is 14.0 Å². The van der Waals surface area contributed by atoms with Crippen LogP contribution in [0.4, 0.5) is 0 Å². The number of carbonyl (C=O) groups is 1. The Balaban J connectivity index is 0. The predicted octanol–water partition coefficient (Wildman–Crippen LogP) is 0.239. The highest BCUT2D eigenvalue weighted by atomic mass is 16.5. The zero-order valence-electron chi connectivity index (χ0n) is 6.91. The molecule has 4 heteroatoms. The summed E-state index contributed by atoms with van der Waals surface area (Å²) in [5, 5.41) is 7.83. The van der Waals surface area contributed by atoms with Crippen LogP contribution in [0.2, 0.25) is 0 Å². The van der Waals surface area contributed by atoms with Crippen LogP contribution < -0.4 is 5.73 Å². The van der Waals surface area contributed by atoms with E-state index in [4.69, 9.17) is 10.8 Å². The third-order valence-corrected chi connectivity index (χ3v) is 0.631. The minimum Gasteiger partial charge on any atom is -0.478 e. The van der Waals surface area contributed by atoms with Gasteiger partial charge < -0.3 is 15.6 Å². The van der Waals surface area contributed by atoms with Gasteiger partial charge in [-0.05, 0) is 6.92 Å². The summed E-state index contributed by atoms with van der Waals surface area (Å²) in [7, 11) is 1.63. The summed E-state index contributed by atoms with van der Waals surface area (Å²) < 4.78 is 4.57. The van der Waals surface area contributed by atoms with E-state index < -0.39 is 5.97 Å². The number of carboxylic acid groups (broad SMARTS) is 1. The number of ether oxygens (including phenoxy) is 1. The lowest BCUT2D eigenvalue weighted by Crippen LogP contribution is -2.05. The predicted molar refractivity (Wildman–Crippen MR) is 43.4 cm³/mol. The van der Waals surface area contributed by atoms with Gasteiger partial charge in [0.05, 0.1) is 6.61 Å². The van der Waals surface area contributed by atoms with Crippen molar-refractivity contribution in [3.05, 3.63) is 12.2 Å². The molecule has 0 amide bonds.